The second-order valence-corrected chi connectivity index (χ2v) is 5.86. The molecule has 0 fully saturated rings. The van der Waals surface area contributed by atoms with Crippen LogP contribution in [0.25, 0.3) is 22.2 Å². The standard InChI is InChI=1S/C19H17FN4.ClH/c20-14-7-5-12(6-8-14)18-11-23-19(24-18)16(21)9-13-10-22-17-4-2-1-3-15(13)17;/h1-8,10-11,16,22H,9,21H2,(H,23,24);1H/t16-;/m1./s1. The molecule has 1 atom stereocenters. The summed E-state index contributed by atoms with van der Waals surface area (Å²) >= 11 is 0. The fourth-order valence-electron chi connectivity index (χ4n) is 2.94. The third-order valence-electron chi connectivity index (χ3n) is 4.22. The molecule has 6 heteroatoms. The Labute approximate surface area is 150 Å². The number of fused-ring (bicyclic) bond motifs is 1. The minimum Gasteiger partial charge on any atom is -0.361 e. The first-order valence-corrected chi connectivity index (χ1v) is 7.82. The highest BCUT2D eigenvalue weighted by atomic mass is 35.5. The van der Waals surface area contributed by atoms with E-state index in [1.807, 2.05) is 24.4 Å². The predicted octanol–water partition coefficient (Wildman–Crippen LogP) is 4.36. The summed E-state index contributed by atoms with van der Waals surface area (Å²) < 4.78 is 13.0. The highest BCUT2D eigenvalue weighted by molar-refractivity contribution is 5.85. The summed E-state index contributed by atoms with van der Waals surface area (Å²) in [6, 6.07) is 14.2. The number of hydrogen-bond donors (Lipinski definition) is 3. The zero-order chi connectivity index (χ0) is 16.5. The van der Waals surface area contributed by atoms with Crippen LogP contribution in [0, 0.1) is 5.82 Å². The van der Waals surface area contributed by atoms with E-state index in [1.54, 1.807) is 18.3 Å². The molecule has 0 aliphatic heterocycles. The molecule has 2 aromatic heterocycles. The van der Waals surface area contributed by atoms with E-state index in [4.69, 9.17) is 5.73 Å². The first kappa shape index (κ1) is 17.2. The highest BCUT2D eigenvalue weighted by Gasteiger charge is 2.14. The van der Waals surface area contributed by atoms with Gasteiger partial charge in [0.05, 0.1) is 17.9 Å². The zero-order valence-corrected chi connectivity index (χ0v) is 14.2. The van der Waals surface area contributed by atoms with Crippen molar-refractivity contribution in [3.63, 3.8) is 0 Å². The number of halogens is 2. The Balaban J connectivity index is 0.00000182. The molecule has 0 saturated carbocycles. The summed E-state index contributed by atoms with van der Waals surface area (Å²) in [5.41, 5.74) is 10.3. The zero-order valence-electron chi connectivity index (χ0n) is 13.4. The van der Waals surface area contributed by atoms with E-state index < -0.39 is 0 Å². The van der Waals surface area contributed by atoms with Gasteiger partial charge in [0, 0.05) is 17.1 Å². The van der Waals surface area contributed by atoms with Gasteiger partial charge in [0.25, 0.3) is 0 Å². The second-order valence-electron chi connectivity index (χ2n) is 5.86. The molecular weight excluding hydrogens is 339 g/mol. The summed E-state index contributed by atoms with van der Waals surface area (Å²) in [6.07, 6.45) is 4.41. The molecule has 128 valence electrons. The number of imidazole rings is 1. The number of nitrogens with two attached hydrogens (primary N) is 1. The van der Waals surface area contributed by atoms with Gasteiger partial charge in [0.15, 0.2) is 0 Å². The van der Waals surface area contributed by atoms with Crippen LogP contribution < -0.4 is 5.73 Å². The number of aromatic nitrogens is 3. The first-order valence-electron chi connectivity index (χ1n) is 7.82. The van der Waals surface area contributed by atoms with Gasteiger partial charge in [0.2, 0.25) is 0 Å². The minimum absolute atomic E-state index is 0. The third-order valence-corrected chi connectivity index (χ3v) is 4.22. The van der Waals surface area contributed by atoms with Crippen LogP contribution in [0.15, 0.2) is 60.9 Å². The highest BCUT2D eigenvalue weighted by Crippen LogP contribution is 2.24. The lowest BCUT2D eigenvalue weighted by Crippen LogP contribution is -2.14. The first-order chi connectivity index (χ1) is 11.7. The van der Waals surface area contributed by atoms with Gasteiger partial charge in [-0.15, -0.1) is 12.4 Å². The normalized spacial score (nSPS) is 12.1. The van der Waals surface area contributed by atoms with Gasteiger partial charge in [0.1, 0.15) is 11.6 Å². The van der Waals surface area contributed by atoms with E-state index in [0.29, 0.717) is 6.42 Å². The Bertz CT molecular complexity index is 974. The number of benzene rings is 2. The van der Waals surface area contributed by atoms with Gasteiger partial charge in [-0.2, -0.15) is 0 Å². The van der Waals surface area contributed by atoms with Gasteiger partial charge in [-0.1, -0.05) is 18.2 Å². The molecule has 0 amide bonds. The van der Waals surface area contributed by atoms with Gasteiger partial charge < -0.3 is 15.7 Å². The van der Waals surface area contributed by atoms with Gasteiger partial charge in [-0.05, 0) is 47.9 Å². The van der Waals surface area contributed by atoms with Crippen LogP contribution in [0.1, 0.15) is 17.4 Å². The third kappa shape index (κ3) is 3.43. The van der Waals surface area contributed by atoms with E-state index in [1.165, 1.54) is 17.5 Å². The Hall–Kier alpha value is -2.63. The molecule has 4 aromatic rings. The molecule has 0 radical (unpaired) electrons. The number of nitrogens with zero attached hydrogens (tertiary/aromatic N) is 1. The summed E-state index contributed by atoms with van der Waals surface area (Å²) in [7, 11) is 0. The van der Waals surface area contributed by atoms with E-state index in [0.717, 1.165) is 28.2 Å². The molecule has 4 N–H and O–H groups in total. The van der Waals surface area contributed by atoms with Crippen molar-refractivity contribution < 1.29 is 4.39 Å². The van der Waals surface area contributed by atoms with Crippen molar-refractivity contribution in [1.29, 1.82) is 0 Å². The number of rotatable bonds is 4. The maximum Gasteiger partial charge on any atom is 0.123 e. The van der Waals surface area contributed by atoms with Gasteiger partial charge >= 0.3 is 0 Å². The number of hydrogen-bond acceptors (Lipinski definition) is 2. The molecule has 0 saturated heterocycles. The van der Waals surface area contributed by atoms with Crippen LogP contribution in [0.2, 0.25) is 0 Å². The number of para-hydroxylation sites is 1. The van der Waals surface area contributed by atoms with Gasteiger partial charge in [-0.3, -0.25) is 0 Å². The predicted molar refractivity (Wildman–Crippen MR) is 100 cm³/mol. The van der Waals surface area contributed by atoms with Crippen molar-refractivity contribution in [2.45, 2.75) is 12.5 Å². The van der Waals surface area contributed by atoms with Crippen LogP contribution in [-0.2, 0) is 6.42 Å². The fraction of sp³-hybridized carbons (Fsp3) is 0.105. The van der Waals surface area contributed by atoms with Crippen molar-refractivity contribution >= 4 is 23.3 Å². The van der Waals surface area contributed by atoms with E-state index in [-0.39, 0.29) is 24.3 Å². The summed E-state index contributed by atoms with van der Waals surface area (Å²) in [4.78, 5) is 10.9. The van der Waals surface area contributed by atoms with E-state index in [9.17, 15) is 4.39 Å². The Kier molecular flexibility index (Phi) is 4.88. The topological polar surface area (TPSA) is 70.5 Å². The van der Waals surface area contributed by atoms with Crippen molar-refractivity contribution in [3.05, 3.63) is 78.1 Å². The lowest BCUT2D eigenvalue weighted by atomic mass is 10.1. The summed E-state index contributed by atoms with van der Waals surface area (Å²) in [6.45, 7) is 0. The van der Waals surface area contributed by atoms with Crippen LogP contribution in [0.4, 0.5) is 4.39 Å². The summed E-state index contributed by atoms with van der Waals surface area (Å²) in [5.74, 6) is 0.467. The van der Waals surface area contributed by atoms with E-state index >= 15 is 0 Å². The molecule has 2 aromatic carbocycles. The molecule has 25 heavy (non-hydrogen) atoms. The van der Waals surface area contributed by atoms with Crippen LogP contribution in [0.3, 0.4) is 0 Å². The number of nitrogens with one attached hydrogen (secondary N) is 2. The second kappa shape index (κ2) is 7.09. The summed E-state index contributed by atoms with van der Waals surface area (Å²) in [5, 5.41) is 1.18. The van der Waals surface area contributed by atoms with Crippen molar-refractivity contribution in [1.82, 2.24) is 15.0 Å². The molecule has 0 spiro atoms. The Morgan fingerprint density at radius 2 is 1.84 bits per heavy atom. The fourth-order valence-corrected chi connectivity index (χ4v) is 2.94. The van der Waals surface area contributed by atoms with Crippen LogP contribution in [-0.4, -0.2) is 15.0 Å². The molecule has 0 unspecified atom stereocenters. The molecule has 2 heterocycles. The number of H-pyrrole nitrogens is 2. The monoisotopic (exact) mass is 356 g/mol. The molecule has 4 nitrogen and oxygen atoms in total. The average molecular weight is 357 g/mol. The smallest absolute Gasteiger partial charge is 0.123 e. The lowest BCUT2D eigenvalue weighted by Gasteiger charge is -2.08. The maximum atomic E-state index is 13.0. The molecular formula is C19H18ClFN4. The lowest BCUT2D eigenvalue weighted by molar-refractivity contribution is 0.628. The van der Waals surface area contributed by atoms with Crippen LogP contribution in [0.5, 0.6) is 0 Å². The molecule has 4 rings (SSSR count). The van der Waals surface area contributed by atoms with E-state index in [2.05, 4.69) is 21.0 Å². The Morgan fingerprint density at radius 3 is 2.64 bits per heavy atom. The van der Waals surface area contributed by atoms with Crippen LogP contribution >= 0.6 is 12.4 Å². The maximum absolute atomic E-state index is 13.0. The van der Waals surface area contributed by atoms with Crippen molar-refractivity contribution in [2.24, 2.45) is 5.73 Å². The van der Waals surface area contributed by atoms with Crippen molar-refractivity contribution in [2.75, 3.05) is 0 Å². The molecule has 0 aliphatic rings. The van der Waals surface area contributed by atoms with Crippen molar-refractivity contribution in [3.8, 4) is 11.3 Å². The average Bonchev–Trinajstić information content (AvgIpc) is 3.23. The minimum atomic E-state index is -0.255. The van der Waals surface area contributed by atoms with Gasteiger partial charge in [-0.25, -0.2) is 9.37 Å². The quantitative estimate of drug-likeness (QED) is 0.508. The number of aromatic amines is 2. The molecule has 0 aliphatic carbocycles. The largest absolute Gasteiger partial charge is 0.361 e. The molecule has 0 bridgehead atoms. The SMILES string of the molecule is Cl.N[C@H](Cc1c[nH]c2ccccc12)c1ncc(-c2ccc(F)cc2)[nH]1. The Morgan fingerprint density at radius 1 is 1.08 bits per heavy atom.